The van der Waals surface area contributed by atoms with E-state index in [2.05, 4.69) is 10.6 Å². The standard InChI is InChI=1S/C16H23N3O2/c1-3-19(4-2)16(21)13-6-5-7-14(9-13)18-15(20)8-12-10-17-11-12/h5-7,9,12,17H,3-4,8,10-11H2,1-2H3,(H,18,20). The fourth-order valence-corrected chi connectivity index (χ4v) is 2.39. The van der Waals surface area contributed by atoms with Crippen LogP contribution >= 0.6 is 0 Å². The molecule has 0 radical (unpaired) electrons. The summed E-state index contributed by atoms with van der Waals surface area (Å²) in [6.07, 6.45) is 0.529. The lowest BCUT2D eigenvalue weighted by molar-refractivity contribution is -0.117. The smallest absolute Gasteiger partial charge is 0.253 e. The fraction of sp³-hybridized carbons (Fsp3) is 0.500. The largest absolute Gasteiger partial charge is 0.339 e. The minimum atomic E-state index is -0.000656. The lowest BCUT2D eigenvalue weighted by Crippen LogP contribution is -2.43. The summed E-state index contributed by atoms with van der Waals surface area (Å²) in [5, 5.41) is 6.02. The fourth-order valence-electron chi connectivity index (χ4n) is 2.39. The van der Waals surface area contributed by atoms with Crippen LogP contribution in [0.5, 0.6) is 0 Å². The molecule has 2 rings (SSSR count). The highest BCUT2D eigenvalue weighted by Gasteiger charge is 2.20. The van der Waals surface area contributed by atoms with Crippen LogP contribution in [0.4, 0.5) is 5.69 Å². The highest BCUT2D eigenvalue weighted by Crippen LogP contribution is 2.15. The summed E-state index contributed by atoms with van der Waals surface area (Å²) >= 11 is 0. The second-order valence-electron chi connectivity index (χ2n) is 5.33. The highest BCUT2D eigenvalue weighted by molar-refractivity contribution is 5.97. The van der Waals surface area contributed by atoms with Crippen molar-refractivity contribution in [2.75, 3.05) is 31.5 Å². The summed E-state index contributed by atoms with van der Waals surface area (Å²) in [5.41, 5.74) is 1.30. The molecule has 1 fully saturated rings. The molecule has 1 heterocycles. The zero-order valence-electron chi connectivity index (χ0n) is 12.7. The Kier molecular flexibility index (Phi) is 5.33. The molecule has 114 valence electrons. The van der Waals surface area contributed by atoms with Gasteiger partial charge in [-0.3, -0.25) is 9.59 Å². The van der Waals surface area contributed by atoms with E-state index in [1.165, 1.54) is 0 Å². The average Bonchev–Trinajstić information content (AvgIpc) is 2.44. The lowest BCUT2D eigenvalue weighted by atomic mass is 9.99. The second-order valence-corrected chi connectivity index (χ2v) is 5.33. The molecule has 5 heteroatoms. The van der Waals surface area contributed by atoms with Crippen LogP contribution in [0.3, 0.4) is 0 Å². The zero-order valence-corrected chi connectivity index (χ0v) is 12.7. The summed E-state index contributed by atoms with van der Waals surface area (Å²) in [6.45, 7) is 7.10. The Hall–Kier alpha value is -1.88. The maximum absolute atomic E-state index is 12.3. The molecule has 1 saturated heterocycles. The first-order valence-electron chi connectivity index (χ1n) is 7.54. The zero-order chi connectivity index (χ0) is 15.2. The van der Waals surface area contributed by atoms with Gasteiger partial charge in [-0.25, -0.2) is 0 Å². The highest BCUT2D eigenvalue weighted by atomic mass is 16.2. The van der Waals surface area contributed by atoms with Gasteiger partial charge in [0, 0.05) is 30.8 Å². The third kappa shape index (κ3) is 4.04. The number of anilines is 1. The van der Waals surface area contributed by atoms with Crippen molar-refractivity contribution in [2.45, 2.75) is 20.3 Å². The number of carbonyl (C=O) groups excluding carboxylic acids is 2. The van der Waals surface area contributed by atoms with Crippen molar-refractivity contribution in [1.82, 2.24) is 10.2 Å². The molecule has 0 atom stereocenters. The summed E-state index contributed by atoms with van der Waals surface area (Å²) in [5.74, 6) is 0.443. The van der Waals surface area contributed by atoms with E-state index in [4.69, 9.17) is 0 Å². The van der Waals surface area contributed by atoms with Crippen molar-refractivity contribution >= 4 is 17.5 Å². The Labute approximate surface area is 125 Å². The van der Waals surface area contributed by atoms with E-state index in [1.54, 1.807) is 23.1 Å². The van der Waals surface area contributed by atoms with Crippen LogP contribution in [0.2, 0.25) is 0 Å². The SMILES string of the molecule is CCN(CC)C(=O)c1cccc(NC(=O)CC2CNC2)c1. The van der Waals surface area contributed by atoms with Gasteiger partial charge in [0.2, 0.25) is 5.91 Å². The number of rotatable bonds is 6. The molecule has 1 aromatic rings. The molecule has 2 N–H and O–H groups in total. The van der Waals surface area contributed by atoms with E-state index in [9.17, 15) is 9.59 Å². The van der Waals surface area contributed by atoms with Gasteiger partial charge >= 0.3 is 0 Å². The molecular formula is C16H23N3O2. The van der Waals surface area contributed by atoms with Gasteiger partial charge in [-0.1, -0.05) is 6.07 Å². The first kappa shape index (κ1) is 15.5. The third-order valence-corrected chi connectivity index (χ3v) is 3.78. The molecule has 0 spiro atoms. The predicted molar refractivity (Wildman–Crippen MR) is 83.3 cm³/mol. The third-order valence-electron chi connectivity index (χ3n) is 3.78. The van der Waals surface area contributed by atoms with Gasteiger partial charge in [0.1, 0.15) is 0 Å². The molecule has 0 saturated carbocycles. The van der Waals surface area contributed by atoms with E-state index in [-0.39, 0.29) is 11.8 Å². The van der Waals surface area contributed by atoms with Crippen molar-refractivity contribution in [3.05, 3.63) is 29.8 Å². The van der Waals surface area contributed by atoms with Crippen molar-refractivity contribution < 1.29 is 9.59 Å². The van der Waals surface area contributed by atoms with Gasteiger partial charge in [0.25, 0.3) is 5.91 Å². The number of nitrogens with zero attached hydrogens (tertiary/aromatic N) is 1. The van der Waals surface area contributed by atoms with Crippen LogP contribution in [0.15, 0.2) is 24.3 Å². The molecule has 0 bridgehead atoms. The summed E-state index contributed by atoms with van der Waals surface area (Å²) in [6, 6.07) is 7.15. The van der Waals surface area contributed by atoms with E-state index in [1.807, 2.05) is 19.9 Å². The van der Waals surface area contributed by atoms with Crippen LogP contribution in [-0.4, -0.2) is 42.9 Å². The first-order valence-corrected chi connectivity index (χ1v) is 7.54. The second kappa shape index (κ2) is 7.22. The van der Waals surface area contributed by atoms with Gasteiger partial charge in [0.05, 0.1) is 0 Å². The monoisotopic (exact) mass is 289 g/mol. The van der Waals surface area contributed by atoms with Gasteiger partial charge in [0.15, 0.2) is 0 Å². The molecule has 0 aliphatic carbocycles. The number of amides is 2. The quantitative estimate of drug-likeness (QED) is 0.838. The van der Waals surface area contributed by atoms with Crippen molar-refractivity contribution in [2.24, 2.45) is 5.92 Å². The molecule has 1 aliphatic heterocycles. The van der Waals surface area contributed by atoms with Gasteiger partial charge in [-0.05, 0) is 51.1 Å². The minimum Gasteiger partial charge on any atom is -0.339 e. The Morgan fingerprint density at radius 3 is 2.57 bits per heavy atom. The minimum absolute atomic E-state index is 0.000656. The molecule has 0 unspecified atom stereocenters. The van der Waals surface area contributed by atoms with E-state index < -0.39 is 0 Å². The maximum Gasteiger partial charge on any atom is 0.253 e. The number of carbonyl (C=O) groups is 2. The van der Waals surface area contributed by atoms with E-state index >= 15 is 0 Å². The number of hydrogen-bond acceptors (Lipinski definition) is 3. The van der Waals surface area contributed by atoms with Crippen molar-refractivity contribution in [1.29, 1.82) is 0 Å². The van der Waals surface area contributed by atoms with Crippen molar-refractivity contribution in [3.63, 3.8) is 0 Å². The van der Waals surface area contributed by atoms with Crippen LogP contribution in [0, 0.1) is 5.92 Å². The van der Waals surface area contributed by atoms with Gasteiger partial charge in [-0.2, -0.15) is 0 Å². The van der Waals surface area contributed by atoms with Crippen LogP contribution < -0.4 is 10.6 Å². The Morgan fingerprint density at radius 2 is 2.00 bits per heavy atom. The van der Waals surface area contributed by atoms with Gasteiger partial charge in [-0.15, -0.1) is 0 Å². The Balaban J connectivity index is 1.99. The number of benzene rings is 1. The number of nitrogens with one attached hydrogen (secondary N) is 2. The summed E-state index contributed by atoms with van der Waals surface area (Å²) in [7, 11) is 0. The molecule has 1 aliphatic rings. The van der Waals surface area contributed by atoms with Gasteiger partial charge < -0.3 is 15.5 Å². The topological polar surface area (TPSA) is 61.4 Å². The van der Waals surface area contributed by atoms with Crippen LogP contribution in [0.1, 0.15) is 30.6 Å². The Morgan fingerprint density at radius 1 is 1.29 bits per heavy atom. The first-order chi connectivity index (χ1) is 10.1. The summed E-state index contributed by atoms with van der Waals surface area (Å²) in [4.78, 5) is 26.0. The van der Waals surface area contributed by atoms with E-state index in [0.29, 0.717) is 36.7 Å². The normalized spacial score (nSPS) is 14.4. The van der Waals surface area contributed by atoms with Crippen LogP contribution in [0.25, 0.3) is 0 Å². The maximum atomic E-state index is 12.3. The molecule has 1 aromatic carbocycles. The lowest BCUT2D eigenvalue weighted by Gasteiger charge is -2.26. The van der Waals surface area contributed by atoms with E-state index in [0.717, 1.165) is 13.1 Å². The molecule has 21 heavy (non-hydrogen) atoms. The average molecular weight is 289 g/mol. The van der Waals surface area contributed by atoms with Crippen molar-refractivity contribution in [3.8, 4) is 0 Å². The molecule has 0 aromatic heterocycles. The predicted octanol–water partition coefficient (Wildman–Crippen LogP) is 1.72. The number of hydrogen-bond donors (Lipinski definition) is 2. The Bertz CT molecular complexity index is 508. The molecule has 5 nitrogen and oxygen atoms in total. The molecular weight excluding hydrogens is 266 g/mol. The molecule has 2 amide bonds. The summed E-state index contributed by atoms with van der Waals surface area (Å²) < 4.78 is 0. The van der Waals surface area contributed by atoms with Crippen LogP contribution in [-0.2, 0) is 4.79 Å².